The van der Waals surface area contributed by atoms with Crippen LogP contribution in [0.5, 0.6) is 5.75 Å². The minimum atomic E-state index is -4.69. The molecule has 1 saturated carbocycles. The van der Waals surface area contributed by atoms with Gasteiger partial charge in [0.15, 0.2) is 6.10 Å². The molecule has 450 valence electrons. The van der Waals surface area contributed by atoms with E-state index in [9.17, 15) is 76.2 Å². The summed E-state index contributed by atoms with van der Waals surface area (Å²) in [5, 5.41) is 77.8. The number of carbonyl (C=O) groups excluding carboxylic acids is 4. The molecule has 2 fully saturated rings. The number of carboxylic acids is 1. The number of ether oxygens (including phenoxy) is 5. The van der Waals surface area contributed by atoms with E-state index in [2.05, 4.69) is 51.8 Å². The van der Waals surface area contributed by atoms with Crippen LogP contribution in [0.4, 0.5) is 18.9 Å². The number of hydrogen-bond acceptors (Lipinski definition) is 19. The van der Waals surface area contributed by atoms with Crippen molar-refractivity contribution >= 4 is 83.1 Å². The number of imide groups is 1. The molecule has 0 bridgehead atoms. The molecule has 1 saturated heterocycles. The number of aliphatic hydroxyl groups excluding tert-OH is 5. The molecule has 0 radical (unpaired) electrons. The van der Waals surface area contributed by atoms with Gasteiger partial charge in [-0.05, 0) is 74.0 Å². The fraction of sp³-hybridized carbons (Fsp3) is 0.480. The predicted molar refractivity (Wildman–Crippen MR) is 284 cm³/mol. The van der Waals surface area contributed by atoms with Crippen molar-refractivity contribution in [2.24, 2.45) is 17.0 Å². The number of rotatable bonds is 27. The van der Waals surface area contributed by atoms with Gasteiger partial charge in [0.2, 0.25) is 18.1 Å². The van der Waals surface area contributed by atoms with Crippen molar-refractivity contribution < 1.29 is 109 Å². The van der Waals surface area contributed by atoms with E-state index in [1.165, 1.54) is 40.9 Å². The average Bonchev–Trinajstić information content (AvgIpc) is 3.24. The number of nitrogens with zero attached hydrogens (tertiary/aromatic N) is 4. The molecule has 2 aromatic heterocycles. The zero-order valence-electron chi connectivity index (χ0n) is 43.5. The van der Waals surface area contributed by atoms with Crippen LogP contribution in [0.1, 0.15) is 36.1 Å². The lowest BCUT2D eigenvalue weighted by Gasteiger charge is -2.38. The van der Waals surface area contributed by atoms with Crippen molar-refractivity contribution in [2.75, 3.05) is 64.7 Å². The highest BCUT2D eigenvalue weighted by atomic mass is 79.9. The molecule has 82 heavy (non-hydrogen) atoms. The molecule has 0 unspecified atom stereocenters. The molecular weight excluding hydrogens is 1250 g/mol. The number of amides is 4. The second-order valence-corrected chi connectivity index (χ2v) is 21.6. The SMILES string of the molecule is NS(=O)(=O)OC[C@H]1C[C@@H](Cc2cc[n+](Cc3ccc(O[C@@H]4O[C@H](C(=O)O)[C@@H](O)[C@H](O)[C@H]4O)c(NC(=O)CCNC(=O)CCOCCOCCOCCN4C(=O)C(Br)=C(Br)C4=O)c3)c3cc(-c4cccc(C(F)(F)F)c4)nn23)[C@H](O)[C@@H]1O.[CH3-]. The first-order valence-corrected chi connectivity index (χ1v) is 27.9. The summed E-state index contributed by atoms with van der Waals surface area (Å²) < 4.78 is 100. The van der Waals surface area contributed by atoms with Crippen molar-refractivity contribution in [1.82, 2.24) is 19.8 Å². The van der Waals surface area contributed by atoms with Gasteiger partial charge in [-0.1, -0.05) is 23.3 Å². The van der Waals surface area contributed by atoms with Gasteiger partial charge < -0.3 is 72.4 Å². The summed E-state index contributed by atoms with van der Waals surface area (Å²) in [6, 6.07) is 11.9. The standard InChI is InChI=1S/C49H56Br2F3N7O19S.CH3/c50-37-38(51)46(70)60(45(37)69)11-13-76-15-17-77-16-14-75-12-8-34(62)56-9-6-35(63)57-32-18-25(4-5-33(32)79-48-43(68)41(66)42(67)44(80-48)47(71)72)23-59-10-7-30(21-27-19-28(40(65)39(27)64)24-78-81(55,73)74)61-36(59)22-31(58-61)26-2-1-3-29(20-26)49(52,53)54;/h1-5,7,10,18,20,22,27-28,39-44,48,64-68H,6,8-9,11-17,19,21,23-24H2,(H4-,55,56,57,62,63,71,72,73,74);1H3/q;-1/p+1/t27-,28+,39-,40+,41-,42-,43+,44-,48+;/m0./s1. The van der Waals surface area contributed by atoms with E-state index in [-0.39, 0.29) is 124 Å². The van der Waals surface area contributed by atoms with Crippen LogP contribution in [0.15, 0.2) is 69.8 Å². The van der Waals surface area contributed by atoms with Crippen molar-refractivity contribution in [3.8, 4) is 17.0 Å². The van der Waals surface area contributed by atoms with Crippen molar-refractivity contribution in [1.29, 1.82) is 0 Å². The predicted octanol–water partition coefficient (Wildman–Crippen LogP) is 0.453. The van der Waals surface area contributed by atoms with Gasteiger partial charge in [-0.25, -0.2) is 14.5 Å². The summed E-state index contributed by atoms with van der Waals surface area (Å²) in [7, 11) is -4.37. The smallest absolute Gasteiger partial charge is 0.416 e. The summed E-state index contributed by atoms with van der Waals surface area (Å²) in [5.41, 5.74) is 0.350. The van der Waals surface area contributed by atoms with Crippen LogP contribution in [-0.4, -0.2) is 185 Å². The number of aliphatic carboxylic acids is 1. The minimum absolute atomic E-state index is 0. The zero-order chi connectivity index (χ0) is 58.9. The van der Waals surface area contributed by atoms with Gasteiger partial charge in [0.1, 0.15) is 51.0 Å². The average molecular weight is 1310 g/mol. The van der Waals surface area contributed by atoms with E-state index in [4.69, 9.17) is 28.8 Å². The first-order valence-electron chi connectivity index (χ1n) is 24.9. The molecule has 3 aliphatic rings. The van der Waals surface area contributed by atoms with Crippen LogP contribution in [0.3, 0.4) is 0 Å². The van der Waals surface area contributed by atoms with Crippen LogP contribution in [-0.2, 0) is 76.5 Å². The third-order valence-electron chi connectivity index (χ3n) is 13.2. The molecule has 32 heteroatoms. The molecule has 1 aliphatic carbocycles. The van der Waals surface area contributed by atoms with Crippen LogP contribution in [0, 0.1) is 19.3 Å². The van der Waals surface area contributed by atoms with E-state index in [0.29, 0.717) is 16.9 Å². The lowest BCUT2D eigenvalue weighted by molar-refractivity contribution is -0.665. The van der Waals surface area contributed by atoms with Crippen LogP contribution >= 0.6 is 31.9 Å². The Hall–Kier alpha value is -5.59. The van der Waals surface area contributed by atoms with Crippen molar-refractivity contribution in [3.63, 3.8) is 0 Å². The third-order valence-corrected chi connectivity index (χ3v) is 15.6. The van der Waals surface area contributed by atoms with Crippen molar-refractivity contribution in [2.45, 2.75) is 81.3 Å². The fourth-order valence-corrected chi connectivity index (χ4v) is 10.1. The Labute approximate surface area is 483 Å². The first kappa shape index (κ1) is 65.6. The maximum absolute atomic E-state index is 13.9. The van der Waals surface area contributed by atoms with E-state index in [0.717, 1.165) is 17.0 Å². The Morgan fingerprint density at radius 2 is 1.49 bits per heavy atom. The summed E-state index contributed by atoms with van der Waals surface area (Å²) in [6.07, 6.45) is -16.1. The van der Waals surface area contributed by atoms with Gasteiger partial charge in [-0.2, -0.15) is 21.6 Å². The second-order valence-electron chi connectivity index (χ2n) is 18.8. The molecule has 4 aromatic rings. The Bertz CT molecular complexity index is 3080. The molecule has 4 heterocycles. The molecule has 26 nitrogen and oxygen atoms in total. The number of fused-ring (bicyclic) bond motifs is 1. The summed E-state index contributed by atoms with van der Waals surface area (Å²) in [5.74, 6) is -5.46. The Morgan fingerprint density at radius 3 is 2.15 bits per heavy atom. The Kier molecular flexibility index (Phi) is 23.0. The van der Waals surface area contributed by atoms with E-state index in [1.807, 2.05) is 0 Å². The van der Waals surface area contributed by atoms with E-state index < -0.39 is 113 Å². The molecule has 10 N–H and O–H groups in total. The molecule has 0 spiro atoms. The lowest BCUT2D eigenvalue weighted by Crippen LogP contribution is -2.61. The number of carboxylic acid groups (broad SMARTS) is 1. The number of benzene rings is 2. The van der Waals surface area contributed by atoms with Gasteiger partial charge in [0.25, 0.3) is 11.8 Å². The highest BCUT2D eigenvalue weighted by molar-refractivity contribution is 9.14. The normalized spacial score (nSPS) is 23.1. The topological polar surface area (TPSA) is 371 Å². The maximum atomic E-state index is 13.9. The van der Waals surface area contributed by atoms with Gasteiger partial charge in [0.05, 0.1) is 88.5 Å². The minimum Gasteiger partial charge on any atom is -0.479 e. The number of anilines is 1. The number of nitrogens with two attached hydrogens (primary N) is 1. The molecular formula is C50H60Br2F3N7O19S. The van der Waals surface area contributed by atoms with E-state index >= 15 is 0 Å². The van der Waals surface area contributed by atoms with Crippen LogP contribution in [0.25, 0.3) is 16.9 Å². The molecule has 2 aromatic carbocycles. The quantitative estimate of drug-likeness (QED) is 0.0169. The van der Waals surface area contributed by atoms with Gasteiger partial charge >= 0.3 is 28.1 Å². The number of aromatic nitrogens is 3. The lowest BCUT2D eigenvalue weighted by atomic mass is 9.98. The summed E-state index contributed by atoms with van der Waals surface area (Å²) in [6.45, 7) is 0.161. The zero-order valence-corrected chi connectivity index (χ0v) is 47.5. The largest absolute Gasteiger partial charge is 0.479 e. The molecule has 9 atom stereocenters. The number of halogens is 5. The number of aliphatic hydroxyl groups is 5. The highest BCUT2D eigenvalue weighted by Gasteiger charge is 2.48. The highest BCUT2D eigenvalue weighted by Crippen LogP contribution is 2.37. The molecule has 4 amide bonds. The van der Waals surface area contributed by atoms with Gasteiger partial charge in [-0.3, -0.25) is 28.3 Å². The van der Waals surface area contributed by atoms with E-state index in [1.54, 1.807) is 16.8 Å². The van der Waals surface area contributed by atoms with Crippen LogP contribution < -0.4 is 25.1 Å². The van der Waals surface area contributed by atoms with Crippen LogP contribution in [0.2, 0.25) is 0 Å². The Balaban J connectivity index is 0.0000108. The summed E-state index contributed by atoms with van der Waals surface area (Å²) in [4.78, 5) is 63.1. The number of hydrogen-bond donors (Lipinski definition) is 9. The van der Waals surface area contributed by atoms with Gasteiger partial charge in [0, 0.05) is 43.4 Å². The molecule has 2 aliphatic heterocycles. The molecule has 7 rings (SSSR count). The third kappa shape index (κ3) is 16.8. The van der Waals surface area contributed by atoms with Gasteiger partial charge in [-0.15, -0.1) is 4.52 Å². The van der Waals surface area contributed by atoms with Crippen molar-refractivity contribution in [3.05, 3.63) is 94.0 Å². The number of nitrogens with one attached hydrogen (secondary N) is 2. The maximum Gasteiger partial charge on any atom is 0.416 e. The fourth-order valence-electron chi connectivity index (χ4n) is 8.99. The number of carbonyl (C=O) groups is 5. The second kappa shape index (κ2) is 28.8. The summed E-state index contributed by atoms with van der Waals surface area (Å²) >= 11 is 6.11. The first-order chi connectivity index (χ1) is 38.3. The number of alkyl halides is 3. The Morgan fingerprint density at radius 1 is 0.829 bits per heavy atom. The monoisotopic (exact) mass is 1310 g/mol.